The summed E-state index contributed by atoms with van der Waals surface area (Å²) in [4.78, 5) is 2.63. The lowest BCUT2D eigenvalue weighted by molar-refractivity contribution is 0.249. The summed E-state index contributed by atoms with van der Waals surface area (Å²) in [5.74, 6) is 1.27. The van der Waals surface area contributed by atoms with Crippen LogP contribution in [0.3, 0.4) is 0 Å². The highest BCUT2D eigenvalue weighted by Gasteiger charge is 2.32. The number of benzene rings is 2. The highest BCUT2D eigenvalue weighted by molar-refractivity contribution is 5.64. The lowest BCUT2D eigenvalue weighted by Crippen LogP contribution is -2.31. The van der Waals surface area contributed by atoms with Gasteiger partial charge in [0.15, 0.2) is 0 Å². The molecule has 0 bridgehead atoms. The molecule has 3 heteroatoms. The Hall–Kier alpha value is -2.00. The molecule has 2 N–H and O–H groups in total. The van der Waals surface area contributed by atoms with E-state index >= 15 is 0 Å². The third kappa shape index (κ3) is 2.91. The average Bonchev–Trinajstić information content (AvgIpc) is 3.02. The van der Waals surface area contributed by atoms with Crippen molar-refractivity contribution in [3.63, 3.8) is 0 Å². The zero-order chi connectivity index (χ0) is 17.4. The van der Waals surface area contributed by atoms with Gasteiger partial charge in [-0.15, -0.1) is 0 Å². The van der Waals surface area contributed by atoms with Gasteiger partial charge in [0.05, 0.1) is 0 Å². The lowest BCUT2D eigenvalue weighted by Gasteiger charge is -2.29. The first kappa shape index (κ1) is 16.5. The number of likely N-dealkylation sites (tertiary alicyclic amines) is 1. The highest BCUT2D eigenvalue weighted by atomic mass is 16.5. The molecule has 0 saturated carbocycles. The molecular weight excluding hydrogens is 308 g/mol. The Morgan fingerprint density at radius 1 is 1.20 bits per heavy atom. The van der Waals surface area contributed by atoms with E-state index in [9.17, 15) is 0 Å². The van der Waals surface area contributed by atoms with Crippen LogP contribution in [0.5, 0.6) is 5.75 Å². The van der Waals surface area contributed by atoms with Gasteiger partial charge in [0, 0.05) is 23.2 Å². The Morgan fingerprint density at radius 3 is 2.88 bits per heavy atom. The van der Waals surface area contributed by atoms with Crippen LogP contribution < -0.4 is 10.5 Å². The van der Waals surface area contributed by atoms with E-state index in [4.69, 9.17) is 10.5 Å². The van der Waals surface area contributed by atoms with E-state index in [0.717, 1.165) is 30.0 Å². The molecule has 0 amide bonds. The molecule has 2 aromatic carbocycles. The van der Waals surface area contributed by atoms with Crippen molar-refractivity contribution < 1.29 is 4.74 Å². The van der Waals surface area contributed by atoms with Gasteiger partial charge in [0.2, 0.25) is 0 Å². The molecule has 0 aliphatic carbocycles. The maximum atomic E-state index is 6.57. The molecule has 25 heavy (non-hydrogen) atoms. The Labute approximate surface area is 150 Å². The van der Waals surface area contributed by atoms with Crippen LogP contribution in [0.2, 0.25) is 0 Å². The maximum absolute atomic E-state index is 6.57. The molecule has 3 nitrogen and oxygen atoms in total. The fourth-order valence-corrected chi connectivity index (χ4v) is 4.62. The quantitative estimate of drug-likeness (QED) is 0.840. The third-order valence-electron chi connectivity index (χ3n) is 6.04. The number of anilines is 1. The van der Waals surface area contributed by atoms with Crippen molar-refractivity contribution in [2.75, 3.05) is 18.8 Å². The minimum Gasteiger partial charge on any atom is -0.489 e. The largest absolute Gasteiger partial charge is 0.489 e. The molecule has 1 saturated heterocycles. The molecule has 2 atom stereocenters. The van der Waals surface area contributed by atoms with Gasteiger partial charge in [-0.3, -0.25) is 0 Å². The Morgan fingerprint density at radius 2 is 2.04 bits per heavy atom. The molecule has 0 spiro atoms. The number of hydrogen-bond donors (Lipinski definition) is 1. The zero-order valence-corrected chi connectivity index (χ0v) is 15.3. The predicted octanol–water partition coefficient (Wildman–Crippen LogP) is 4.48. The van der Waals surface area contributed by atoms with E-state index < -0.39 is 0 Å². The van der Waals surface area contributed by atoms with E-state index in [-0.39, 0.29) is 0 Å². The van der Waals surface area contributed by atoms with Gasteiger partial charge < -0.3 is 15.4 Å². The van der Waals surface area contributed by atoms with Gasteiger partial charge >= 0.3 is 0 Å². The summed E-state index contributed by atoms with van der Waals surface area (Å²) >= 11 is 0. The minimum atomic E-state index is 0.311. The number of ether oxygens (including phenoxy) is 1. The average molecular weight is 336 g/mol. The van der Waals surface area contributed by atoms with Crippen LogP contribution in [0.15, 0.2) is 36.4 Å². The topological polar surface area (TPSA) is 38.5 Å². The van der Waals surface area contributed by atoms with Crippen LogP contribution >= 0.6 is 0 Å². The normalized spacial score (nSPS) is 22.8. The zero-order valence-electron chi connectivity index (χ0n) is 15.3. The van der Waals surface area contributed by atoms with E-state index in [1.165, 1.54) is 36.1 Å². The molecular formula is C22H28N2O. The first-order valence-corrected chi connectivity index (χ1v) is 9.52. The van der Waals surface area contributed by atoms with Crippen LogP contribution in [0.25, 0.3) is 0 Å². The second-order valence-corrected chi connectivity index (χ2v) is 7.41. The minimum absolute atomic E-state index is 0.311. The molecule has 2 heterocycles. The van der Waals surface area contributed by atoms with Gasteiger partial charge in [-0.2, -0.15) is 0 Å². The molecule has 0 aromatic heterocycles. The van der Waals surface area contributed by atoms with E-state index in [2.05, 4.69) is 55.1 Å². The van der Waals surface area contributed by atoms with Crippen molar-refractivity contribution >= 4 is 5.69 Å². The summed E-state index contributed by atoms with van der Waals surface area (Å²) in [6.07, 6.45) is 3.71. The van der Waals surface area contributed by atoms with Crippen molar-refractivity contribution in [2.24, 2.45) is 0 Å². The first-order chi connectivity index (χ1) is 12.2. The molecule has 2 aromatic rings. The standard InChI is InChI=1S/C22H28N2O/c1-3-24-12-6-8-17(24)13-19-18-9-5-4-7-16(18)14-25-20-11-10-15(2)22(23)21(19)20/h4-5,7,9-11,17,19H,3,6,8,12-14,23H2,1-2H3. The molecule has 2 aliphatic heterocycles. The van der Waals surface area contributed by atoms with E-state index in [0.29, 0.717) is 18.6 Å². The van der Waals surface area contributed by atoms with Gasteiger partial charge in [-0.25, -0.2) is 0 Å². The molecule has 4 rings (SSSR count). The van der Waals surface area contributed by atoms with Crippen molar-refractivity contribution in [3.05, 3.63) is 58.7 Å². The first-order valence-electron chi connectivity index (χ1n) is 9.52. The van der Waals surface area contributed by atoms with Gasteiger partial charge in [0.25, 0.3) is 0 Å². The number of nitrogen functional groups attached to an aromatic ring is 1. The molecule has 1 fully saturated rings. The summed E-state index contributed by atoms with van der Waals surface area (Å²) in [5, 5.41) is 0. The van der Waals surface area contributed by atoms with E-state index in [1.807, 2.05) is 0 Å². The third-order valence-corrected chi connectivity index (χ3v) is 6.04. The summed E-state index contributed by atoms with van der Waals surface area (Å²) in [7, 11) is 0. The Bertz CT molecular complexity index is 771. The highest BCUT2D eigenvalue weighted by Crippen LogP contribution is 2.45. The van der Waals surface area contributed by atoms with Crippen LogP contribution in [0, 0.1) is 6.92 Å². The number of aryl methyl sites for hydroxylation is 1. The van der Waals surface area contributed by atoms with Crippen molar-refractivity contribution in [1.29, 1.82) is 0 Å². The molecule has 2 aliphatic rings. The van der Waals surface area contributed by atoms with Crippen molar-refractivity contribution in [1.82, 2.24) is 4.90 Å². The number of rotatable bonds is 3. The Kier molecular flexibility index (Phi) is 4.43. The van der Waals surface area contributed by atoms with Crippen LogP contribution in [-0.4, -0.2) is 24.0 Å². The fraction of sp³-hybridized carbons (Fsp3) is 0.455. The predicted molar refractivity (Wildman–Crippen MR) is 103 cm³/mol. The molecule has 132 valence electrons. The van der Waals surface area contributed by atoms with Crippen molar-refractivity contribution in [3.8, 4) is 5.75 Å². The second kappa shape index (κ2) is 6.72. The van der Waals surface area contributed by atoms with Gasteiger partial charge in [0.1, 0.15) is 12.4 Å². The summed E-state index contributed by atoms with van der Waals surface area (Å²) in [5.41, 5.74) is 12.5. The lowest BCUT2D eigenvalue weighted by atomic mass is 9.82. The van der Waals surface area contributed by atoms with Crippen molar-refractivity contribution in [2.45, 2.75) is 51.7 Å². The monoisotopic (exact) mass is 336 g/mol. The molecule has 0 radical (unpaired) electrons. The smallest absolute Gasteiger partial charge is 0.125 e. The number of nitrogens with zero attached hydrogens (tertiary/aromatic N) is 1. The Balaban J connectivity index is 1.82. The van der Waals surface area contributed by atoms with Gasteiger partial charge in [-0.05, 0) is 62.0 Å². The van der Waals surface area contributed by atoms with Crippen LogP contribution in [0.1, 0.15) is 54.4 Å². The number of fused-ring (bicyclic) bond motifs is 2. The summed E-state index contributed by atoms with van der Waals surface area (Å²) in [6, 6.07) is 13.5. The van der Waals surface area contributed by atoms with E-state index in [1.54, 1.807) is 0 Å². The number of hydrogen-bond acceptors (Lipinski definition) is 3. The maximum Gasteiger partial charge on any atom is 0.125 e. The van der Waals surface area contributed by atoms with Crippen LogP contribution in [-0.2, 0) is 6.61 Å². The van der Waals surface area contributed by atoms with Crippen LogP contribution in [0.4, 0.5) is 5.69 Å². The second-order valence-electron chi connectivity index (χ2n) is 7.41. The van der Waals surface area contributed by atoms with Gasteiger partial charge in [-0.1, -0.05) is 37.3 Å². The molecule has 2 unspecified atom stereocenters. The number of nitrogens with two attached hydrogens (primary N) is 1. The summed E-state index contributed by atoms with van der Waals surface area (Å²) < 4.78 is 6.17. The SMILES string of the molecule is CCN1CCCC1CC1c2ccccc2COc2ccc(C)c(N)c21. The summed E-state index contributed by atoms with van der Waals surface area (Å²) in [6.45, 7) is 7.35. The fourth-order valence-electron chi connectivity index (χ4n) is 4.62.